The maximum absolute atomic E-state index is 12.9. The van der Waals surface area contributed by atoms with Crippen LogP contribution in [-0.2, 0) is 6.54 Å². The predicted octanol–water partition coefficient (Wildman–Crippen LogP) is 4.56. The predicted molar refractivity (Wildman–Crippen MR) is 114 cm³/mol. The first-order valence-electron chi connectivity index (χ1n) is 8.85. The van der Waals surface area contributed by atoms with Crippen LogP contribution in [0.2, 0.25) is 0 Å². The molecule has 8 heteroatoms. The van der Waals surface area contributed by atoms with E-state index in [2.05, 4.69) is 25.6 Å². The SMILES string of the molecule is Cc1c(C(=O)N[C@@H](C)c2cccs2)sc2ncnc(NCc3ccccn3)c12. The molecule has 0 aliphatic heterocycles. The number of amides is 1. The lowest BCUT2D eigenvalue weighted by molar-refractivity contribution is 0.0944. The third-order valence-corrected chi connectivity index (χ3v) is 6.67. The number of aryl methyl sites for hydroxylation is 1. The second-order valence-electron chi connectivity index (χ2n) is 6.34. The number of nitrogens with one attached hydrogen (secondary N) is 2. The van der Waals surface area contributed by atoms with Crippen LogP contribution in [0.3, 0.4) is 0 Å². The second kappa shape index (κ2) is 8.04. The van der Waals surface area contributed by atoms with Crippen molar-refractivity contribution in [2.45, 2.75) is 26.4 Å². The molecule has 0 bridgehead atoms. The molecule has 2 N–H and O–H groups in total. The lowest BCUT2D eigenvalue weighted by Crippen LogP contribution is -2.25. The van der Waals surface area contributed by atoms with Crippen LogP contribution < -0.4 is 10.6 Å². The van der Waals surface area contributed by atoms with Crippen molar-refractivity contribution in [3.8, 4) is 0 Å². The number of fused-ring (bicyclic) bond motifs is 1. The van der Waals surface area contributed by atoms with Crippen molar-refractivity contribution >= 4 is 44.6 Å². The summed E-state index contributed by atoms with van der Waals surface area (Å²) in [6.07, 6.45) is 3.29. The highest BCUT2D eigenvalue weighted by Crippen LogP contribution is 2.33. The quantitative estimate of drug-likeness (QED) is 0.488. The molecule has 0 aromatic carbocycles. The van der Waals surface area contributed by atoms with Crippen LogP contribution in [-0.4, -0.2) is 20.9 Å². The van der Waals surface area contributed by atoms with Gasteiger partial charge >= 0.3 is 0 Å². The van der Waals surface area contributed by atoms with E-state index in [1.807, 2.05) is 49.6 Å². The van der Waals surface area contributed by atoms with Crippen molar-refractivity contribution in [1.82, 2.24) is 20.3 Å². The minimum atomic E-state index is -0.0860. The van der Waals surface area contributed by atoms with E-state index in [9.17, 15) is 4.79 Å². The van der Waals surface area contributed by atoms with Gasteiger partial charge in [-0.15, -0.1) is 22.7 Å². The standard InChI is InChI=1S/C20H19N5OS2/c1-12-16-18(22-10-14-6-3-4-8-21-14)23-11-24-20(16)28-17(12)19(26)25-13(2)15-7-5-9-27-15/h3-9,11,13H,10H2,1-2H3,(H,25,26)(H,22,23,24)/t13-/m0/s1. The summed E-state index contributed by atoms with van der Waals surface area (Å²) < 4.78 is 0. The zero-order valence-corrected chi connectivity index (χ0v) is 17.1. The van der Waals surface area contributed by atoms with E-state index in [0.717, 1.165) is 32.2 Å². The van der Waals surface area contributed by atoms with Crippen molar-refractivity contribution in [3.05, 3.63) is 69.2 Å². The summed E-state index contributed by atoms with van der Waals surface area (Å²) in [4.78, 5) is 28.5. The van der Waals surface area contributed by atoms with E-state index < -0.39 is 0 Å². The smallest absolute Gasteiger partial charge is 0.262 e. The molecule has 28 heavy (non-hydrogen) atoms. The first-order valence-corrected chi connectivity index (χ1v) is 10.5. The molecule has 0 saturated carbocycles. The van der Waals surface area contributed by atoms with Gasteiger partial charge in [0.05, 0.1) is 28.5 Å². The lowest BCUT2D eigenvalue weighted by atomic mass is 10.2. The van der Waals surface area contributed by atoms with Gasteiger partial charge in [0.2, 0.25) is 0 Å². The van der Waals surface area contributed by atoms with Crippen molar-refractivity contribution in [1.29, 1.82) is 0 Å². The maximum Gasteiger partial charge on any atom is 0.262 e. The third kappa shape index (κ3) is 3.74. The number of carbonyl (C=O) groups excluding carboxylic acids is 1. The number of pyridine rings is 1. The minimum Gasteiger partial charge on any atom is -0.364 e. The zero-order chi connectivity index (χ0) is 19.5. The van der Waals surface area contributed by atoms with E-state index >= 15 is 0 Å². The highest BCUT2D eigenvalue weighted by Gasteiger charge is 2.21. The Balaban J connectivity index is 1.58. The van der Waals surface area contributed by atoms with Crippen LogP contribution >= 0.6 is 22.7 Å². The Morgan fingerprint density at radius 2 is 2.07 bits per heavy atom. The van der Waals surface area contributed by atoms with Gasteiger partial charge in [-0.25, -0.2) is 9.97 Å². The number of carbonyl (C=O) groups is 1. The van der Waals surface area contributed by atoms with Gasteiger partial charge < -0.3 is 10.6 Å². The number of hydrogen-bond acceptors (Lipinski definition) is 7. The van der Waals surface area contributed by atoms with E-state index in [1.165, 1.54) is 17.7 Å². The molecule has 1 atom stereocenters. The number of nitrogens with zero attached hydrogens (tertiary/aromatic N) is 3. The fourth-order valence-electron chi connectivity index (χ4n) is 2.97. The Bertz CT molecular complexity index is 1090. The first kappa shape index (κ1) is 18.5. The molecular weight excluding hydrogens is 390 g/mol. The van der Waals surface area contributed by atoms with Gasteiger partial charge in [-0.1, -0.05) is 12.1 Å². The van der Waals surface area contributed by atoms with E-state index in [1.54, 1.807) is 17.5 Å². The Labute approximate surface area is 170 Å². The molecule has 142 valence electrons. The molecule has 0 aliphatic rings. The molecule has 0 aliphatic carbocycles. The van der Waals surface area contributed by atoms with Crippen LogP contribution in [0.25, 0.3) is 10.2 Å². The number of hydrogen-bond donors (Lipinski definition) is 2. The molecule has 4 rings (SSSR count). The van der Waals surface area contributed by atoms with Gasteiger partial charge in [-0.2, -0.15) is 0 Å². The summed E-state index contributed by atoms with van der Waals surface area (Å²) in [6, 6.07) is 9.77. The summed E-state index contributed by atoms with van der Waals surface area (Å²) in [7, 11) is 0. The Hall–Kier alpha value is -2.84. The van der Waals surface area contributed by atoms with Crippen LogP contribution in [0.1, 0.15) is 38.8 Å². The molecule has 0 saturated heterocycles. The second-order valence-corrected chi connectivity index (χ2v) is 8.32. The third-order valence-electron chi connectivity index (χ3n) is 4.41. The van der Waals surface area contributed by atoms with Gasteiger partial charge in [-0.3, -0.25) is 9.78 Å². The van der Waals surface area contributed by atoms with Gasteiger partial charge in [0, 0.05) is 11.1 Å². The van der Waals surface area contributed by atoms with Crippen LogP contribution in [0.4, 0.5) is 5.82 Å². The lowest BCUT2D eigenvalue weighted by Gasteiger charge is -2.11. The van der Waals surface area contributed by atoms with E-state index in [-0.39, 0.29) is 11.9 Å². The van der Waals surface area contributed by atoms with Gasteiger partial charge in [-0.05, 0) is 43.0 Å². The molecular formula is C20H19N5OS2. The molecule has 0 spiro atoms. The monoisotopic (exact) mass is 409 g/mol. The Morgan fingerprint density at radius 3 is 2.82 bits per heavy atom. The molecule has 4 aromatic rings. The highest BCUT2D eigenvalue weighted by atomic mass is 32.1. The van der Waals surface area contributed by atoms with E-state index in [0.29, 0.717) is 11.4 Å². The fourth-order valence-corrected chi connectivity index (χ4v) is 4.76. The summed E-state index contributed by atoms with van der Waals surface area (Å²) in [5.41, 5.74) is 1.81. The van der Waals surface area contributed by atoms with Gasteiger partial charge in [0.25, 0.3) is 5.91 Å². The zero-order valence-electron chi connectivity index (χ0n) is 15.5. The Kier molecular flexibility index (Phi) is 5.31. The summed E-state index contributed by atoms with van der Waals surface area (Å²) in [5, 5.41) is 9.30. The topological polar surface area (TPSA) is 79.8 Å². The minimum absolute atomic E-state index is 0.0371. The fraction of sp³-hybridized carbons (Fsp3) is 0.200. The highest BCUT2D eigenvalue weighted by molar-refractivity contribution is 7.20. The normalized spacial score (nSPS) is 12.1. The molecule has 0 fully saturated rings. The van der Waals surface area contributed by atoms with Crippen molar-refractivity contribution in [2.75, 3.05) is 5.32 Å². The molecule has 4 heterocycles. The van der Waals surface area contributed by atoms with E-state index in [4.69, 9.17) is 0 Å². The maximum atomic E-state index is 12.9. The molecule has 6 nitrogen and oxygen atoms in total. The number of aromatic nitrogens is 3. The van der Waals surface area contributed by atoms with Crippen molar-refractivity contribution < 1.29 is 4.79 Å². The number of thiophene rings is 2. The first-order chi connectivity index (χ1) is 13.6. The number of anilines is 1. The summed E-state index contributed by atoms with van der Waals surface area (Å²) >= 11 is 3.03. The summed E-state index contributed by atoms with van der Waals surface area (Å²) in [5.74, 6) is 0.631. The van der Waals surface area contributed by atoms with Crippen molar-refractivity contribution in [2.24, 2.45) is 0 Å². The molecule has 4 aromatic heterocycles. The largest absolute Gasteiger partial charge is 0.364 e. The van der Waals surface area contributed by atoms with Crippen molar-refractivity contribution in [3.63, 3.8) is 0 Å². The Morgan fingerprint density at radius 1 is 1.18 bits per heavy atom. The average Bonchev–Trinajstić information content (AvgIpc) is 3.36. The van der Waals surface area contributed by atoms with Crippen LogP contribution in [0.5, 0.6) is 0 Å². The summed E-state index contributed by atoms with van der Waals surface area (Å²) in [6.45, 7) is 4.49. The van der Waals surface area contributed by atoms with Crippen LogP contribution in [0, 0.1) is 6.92 Å². The average molecular weight is 410 g/mol. The molecule has 0 unspecified atom stereocenters. The van der Waals surface area contributed by atoms with Gasteiger partial charge in [0.1, 0.15) is 17.0 Å². The molecule has 0 radical (unpaired) electrons. The molecule has 1 amide bonds. The number of rotatable bonds is 6. The van der Waals surface area contributed by atoms with Crippen LogP contribution in [0.15, 0.2) is 48.2 Å². The van der Waals surface area contributed by atoms with Gasteiger partial charge in [0.15, 0.2) is 0 Å².